The molecular formula is C26H28N2O5. The first-order chi connectivity index (χ1) is 16.0. The van der Waals surface area contributed by atoms with E-state index in [9.17, 15) is 14.4 Å². The predicted octanol–water partition coefficient (Wildman–Crippen LogP) is 3.63. The van der Waals surface area contributed by atoms with Crippen molar-refractivity contribution in [2.24, 2.45) is 11.8 Å². The van der Waals surface area contributed by atoms with Gasteiger partial charge in [0.15, 0.2) is 0 Å². The molecule has 7 heteroatoms. The summed E-state index contributed by atoms with van der Waals surface area (Å²) in [5.74, 6) is -1.46. The zero-order chi connectivity index (χ0) is 22.9. The quantitative estimate of drug-likeness (QED) is 0.728. The Labute approximate surface area is 192 Å². The second-order valence-corrected chi connectivity index (χ2v) is 9.31. The molecule has 2 fully saturated rings. The molecule has 2 aromatic carbocycles. The number of nitrogens with one attached hydrogen (secondary N) is 1. The third-order valence-corrected chi connectivity index (χ3v) is 7.23. The van der Waals surface area contributed by atoms with Crippen LogP contribution in [0.1, 0.15) is 42.7 Å². The number of alkyl carbamates (subject to hydrolysis) is 1. The minimum Gasteiger partial charge on any atom is -0.481 e. The SMILES string of the molecule is O=C(NC1CCCC(C(=O)N2CC(C(=O)O)C2)C1)OCC1c2ccccc2-c2ccccc21. The number of rotatable bonds is 5. The van der Waals surface area contributed by atoms with Gasteiger partial charge in [-0.15, -0.1) is 0 Å². The minimum absolute atomic E-state index is 0.00605. The second kappa shape index (κ2) is 8.89. The van der Waals surface area contributed by atoms with E-state index >= 15 is 0 Å². The van der Waals surface area contributed by atoms with Crippen molar-refractivity contribution in [1.29, 1.82) is 0 Å². The van der Waals surface area contributed by atoms with Gasteiger partial charge in [-0.1, -0.05) is 55.0 Å². The Kier molecular flexibility index (Phi) is 5.79. The lowest BCUT2D eigenvalue weighted by Crippen LogP contribution is -2.55. The van der Waals surface area contributed by atoms with E-state index in [1.807, 2.05) is 24.3 Å². The summed E-state index contributed by atoms with van der Waals surface area (Å²) < 4.78 is 5.65. The summed E-state index contributed by atoms with van der Waals surface area (Å²) in [4.78, 5) is 37.9. The van der Waals surface area contributed by atoms with Crippen molar-refractivity contribution in [3.8, 4) is 11.1 Å². The summed E-state index contributed by atoms with van der Waals surface area (Å²) in [5, 5.41) is 12.0. The number of hydrogen-bond acceptors (Lipinski definition) is 4. The van der Waals surface area contributed by atoms with Crippen molar-refractivity contribution in [3.05, 3.63) is 59.7 Å². The molecule has 2 aliphatic carbocycles. The van der Waals surface area contributed by atoms with Crippen LogP contribution in [-0.4, -0.2) is 53.7 Å². The summed E-state index contributed by atoms with van der Waals surface area (Å²) in [6.45, 7) is 0.837. The molecule has 2 atom stereocenters. The number of ether oxygens (including phenoxy) is 1. The number of amides is 2. The molecular weight excluding hydrogens is 420 g/mol. The standard InChI is InChI=1S/C26H28N2O5/c29-24(28-13-17(14-28)25(30)31)16-6-5-7-18(12-16)27-26(32)33-15-23-21-10-3-1-8-19(21)20-9-2-4-11-22(20)23/h1-4,8-11,16-18,23H,5-7,12-15H2,(H,27,32)(H,30,31). The van der Waals surface area contributed by atoms with Gasteiger partial charge in [-0.25, -0.2) is 4.79 Å². The van der Waals surface area contributed by atoms with E-state index < -0.39 is 18.0 Å². The van der Waals surface area contributed by atoms with Gasteiger partial charge in [0.05, 0.1) is 5.92 Å². The Morgan fingerprint density at radius 3 is 2.21 bits per heavy atom. The van der Waals surface area contributed by atoms with E-state index in [2.05, 4.69) is 29.6 Å². The van der Waals surface area contributed by atoms with E-state index in [1.54, 1.807) is 4.90 Å². The molecule has 0 radical (unpaired) electrons. The van der Waals surface area contributed by atoms with Crippen LogP contribution >= 0.6 is 0 Å². The number of likely N-dealkylation sites (tertiary alicyclic amines) is 1. The fourth-order valence-electron chi connectivity index (χ4n) is 5.42. The Morgan fingerprint density at radius 1 is 0.939 bits per heavy atom. The number of nitrogens with zero attached hydrogens (tertiary/aromatic N) is 1. The highest BCUT2D eigenvalue weighted by atomic mass is 16.5. The van der Waals surface area contributed by atoms with Crippen LogP contribution < -0.4 is 5.32 Å². The zero-order valence-corrected chi connectivity index (χ0v) is 18.4. The average molecular weight is 449 g/mol. The number of aliphatic carboxylic acids is 1. The Bertz CT molecular complexity index is 1030. The number of carbonyl (C=O) groups is 3. The number of hydrogen-bond donors (Lipinski definition) is 2. The van der Waals surface area contributed by atoms with E-state index in [4.69, 9.17) is 9.84 Å². The summed E-state index contributed by atoms with van der Waals surface area (Å²) >= 11 is 0. The minimum atomic E-state index is -0.850. The third-order valence-electron chi connectivity index (χ3n) is 7.23. The van der Waals surface area contributed by atoms with E-state index in [-0.39, 0.29) is 43.5 Å². The summed E-state index contributed by atoms with van der Waals surface area (Å²) in [6.07, 6.45) is 2.55. The van der Waals surface area contributed by atoms with Gasteiger partial charge in [0.2, 0.25) is 5.91 Å². The molecule has 172 valence electrons. The number of fused-ring (bicyclic) bond motifs is 3. The van der Waals surface area contributed by atoms with Crippen LogP contribution in [0.25, 0.3) is 11.1 Å². The number of carboxylic acids is 1. The van der Waals surface area contributed by atoms with Crippen LogP contribution in [0.5, 0.6) is 0 Å². The molecule has 1 aliphatic heterocycles. The van der Waals surface area contributed by atoms with E-state index in [0.717, 1.165) is 19.3 Å². The topological polar surface area (TPSA) is 95.9 Å². The van der Waals surface area contributed by atoms with Gasteiger partial charge >= 0.3 is 12.1 Å². The van der Waals surface area contributed by atoms with E-state index in [0.29, 0.717) is 6.42 Å². The van der Waals surface area contributed by atoms with Gasteiger partial charge < -0.3 is 20.1 Å². The van der Waals surface area contributed by atoms with Crippen molar-refractivity contribution < 1.29 is 24.2 Å². The monoisotopic (exact) mass is 448 g/mol. The first-order valence-corrected chi connectivity index (χ1v) is 11.6. The lowest BCUT2D eigenvalue weighted by atomic mass is 9.83. The molecule has 0 aromatic heterocycles. The first-order valence-electron chi connectivity index (χ1n) is 11.6. The molecule has 0 bridgehead atoms. The van der Waals surface area contributed by atoms with Crippen molar-refractivity contribution in [1.82, 2.24) is 10.2 Å². The molecule has 2 amide bonds. The van der Waals surface area contributed by atoms with Crippen molar-refractivity contribution >= 4 is 18.0 Å². The normalized spacial score (nSPS) is 22.1. The fraction of sp³-hybridized carbons (Fsp3) is 0.423. The number of benzene rings is 2. The Morgan fingerprint density at radius 2 is 1.58 bits per heavy atom. The van der Waals surface area contributed by atoms with Crippen molar-refractivity contribution in [2.75, 3.05) is 19.7 Å². The predicted molar refractivity (Wildman–Crippen MR) is 122 cm³/mol. The number of carboxylic acid groups (broad SMARTS) is 1. The highest BCUT2D eigenvalue weighted by Gasteiger charge is 2.39. The average Bonchev–Trinajstić information content (AvgIpc) is 3.10. The molecule has 0 spiro atoms. The Balaban J connectivity index is 1.15. The third kappa shape index (κ3) is 4.19. The molecule has 1 heterocycles. The second-order valence-electron chi connectivity index (χ2n) is 9.31. The lowest BCUT2D eigenvalue weighted by Gasteiger charge is -2.40. The maximum absolute atomic E-state index is 12.7. The molecule has 1 saturated heterocycles. The highest BCUT2D eigenvalue weighted by molar-refractivity contribution is 5.83. The Hall–Kier alpha value is -3.35. The summed E-state index contributed by atoms with van der Waals surface area (Å²) in [5.41, 5.74) is 4.71. The highest BCUT2D eigenvalue weighted by Crippen LogP contribution is 2.44. The molecule has 1 saturated carbocycles. The fourth-order valence-corrected chi connectivity index (χ4v) is 5.42. The van der Waals surface area contributed by atoms with Gasteiger partial charge in [-0.05, 0) is 41.5 Å². The molecule has 2 aromatic rings. The maximum atomic E-state index is 12.7. The smallest absolute Gasteiger partial charge is 0.407 e. The molecule has 2 N–H and O–H groups in total. The lowest BCUT2D eigenvalue weighted by molar-refractivity contribution is -0.155. The van der Waals surface area contributed by atoms with Crippen LogP contribution in [0.3, 0.4) is 0 Å². The van der Waals surface area contributed by atoms with Gasteiger partial charge in [0.1, 0.15) is 6.61 Å². The molecule has 5 rings (SSSR count). The van der Waals surface area contributed by atoms with Gasteiger partial charge in [0, 0.05) is 31.0 Å². The van der Waals surface area contributed by atoms with Crippen LogP contribution in [0.4, 0.5) is 4.79 Å². The number of carbonyl (C=O) groups excluding carboxylic acids is 2. The van der Waals surface area contributed by atoms with Gasteiger partial charge in [-0.3, -0.25) is 9.59 Å². The van der Waals surface area contributed by atoms with Gasteiger partial charge in [-0.2, -0.15) is 0 Å². The summed E-state index contributed by atoms with van der Waals surface area (Å²) in [7, 11) is 0. The molecule has 33 heavy (non-hydrogen) atoms. The molecule has 3 aliphatic rings. The maximum Gasteiger partial charge on any atom is 0.407 e. The first kappa shape index (κ1) is 21.5. The largest absolute Gasteiger partial charge is 0.481 e. The molecule has 2 unspecified atom stereocenters. The van der Waals surface area contributed by atoms with Crippen LogP contribution in [-0.2, 0) is 14.3 Å². The van der Waals surface area contributed by atoms with Crippen LogP contribution in [0, 0.1) is 11.8 Å². The van der Waals surface area contributed by atoms with Crippen LogP contribution in [0.2, 0.25) is 0 Å². The van der Waals surface area contributed by atoms with Gasteiger partial charge in [0.25, 0.3) is 0 Å². The zero-order valence-electron chi connectivity index (χ0n) is 18.4. The van der Waals surface area contributed by atoms with Crippen LogP contribution in [0.15, 0.2) is 48.5 Å². The van der Waals surface area contributed by atoms with Crippen molar-refractivity contribution in [2.45, 2.75) is 37.6 Å². The summed E-state index contributed by atoms with van der Waals surface area (Å²) in [6, 6.07) is 16.3. The molecule has 7 nitrogen and oxygen atoms in total. The van der Waals surface area contributed by atoms with E-state index in [1.165, 1.54) is 22.3 Å². The van der Waals surface area contributed by atoms with Crippen molar-refractivity contribution in [3.63, 3.8) is 0 Å².